The Morgan fingerprint density at radius 1 is 1.23 bits per heavy atom. The highest BCUT2D eigenvalue weighted by atomic mass is 16.5. The number of nitrogens with zero attached hydrogens (tertiary/aromatic N) is 1. The Hall–Kier alpha value is -3.36. The highest BCUT2D eigenvalue weighted by Gasteiger charge is 2.14. The number of nitrogens with two attached hydrogens (primary N) is 1. The number of benzene rings is 1. The van der Waals surface area contributed by atoms with Gasteiger partial charge in [0.05, 0.1) is 12.7 Å². The number of ether oxygens (including phenoxy) is 1. The molecule has 9 nitrogen and oxygen atoms in total. The Morgan fingerprint density at radius 3 is 2.68 bits per heavy atom. The molecule has 0 atom stereocenters. The van der Waals surface area contributed by atoms with E-state index in [2.05, 4.69) is 19.9 Å². The summed E-state index contributed by atoms with van der Waals surface area (Å²) in [5, 5.41) is 0. The second-order valence-corrected chi connectivity index (χ2v) is 4.50. The van der Waals surface area contributed by atoms with Gasteiger partial charge in [-0.1, -0.05) is 0 Å². The molecule has 0 saturated carbocycles. The van der Waals surface area contributed by atoms with Gasteiger partial charge in [0.15, 0.2) is 5.65 Å². The molecule has 0 aliphatic rings. The highest BCUT2D eigenvalue weighted by Crippen LogP contribution is 2.29. The summed E-state index contributed by atoms with van der Waals surface area (Å²) < 4.78 is 5.21. The standard InChI is InChI=1S/C13H11N5O4/c1-22-7-4-5(9(14)19)2-3-6(7)10-15-8-11(16-10)17-13(21)18-12(8)20/h2-4H,1H3,(H2,14,19)(H3,15,16,17,18,20,21). The number of imidazole rings is 1. The fourth-order valence-electron chi connectivity index (χ4n) is 2.10. The van der Waals surface area contributed by atoms with Gasteiger partial charge in [0.25, 0.3) is 5.56 Å². The van der Waals surface area contributed by atoms with Crippen LogP contribution >= 0.6 is 0 Å². The van der Waals surface area contributed by atoms with E-state index in [0.717, 1.165) is 0 Å². The molecule has 1 aromatic carbocycles. The van der Waals surface area contributed by atoms with E-state index >= 15 is 0 Å². The predicted molar refractivity (Wildman–Crippen MR) is 77.8 cm³/mol. The summed E-state index contributed by atoms with van der Waals surface area (Å²) in [7, 11) is 1.43. The topological polar surface area (TPSA) is 147 Å². The Bertz CT molecular complexity index is 998. The van der Waals surface area contributed by atoms with Gasteiger partial charge in [-0.05, 0) is 18.2 Å². The first-order chi connectivity index (χ1) is 10.5. The van der Waals surface area contributed by atoms with Crippen LogP contribution in [0, 0.1) is 0 Å². The first kappa shape index (κ1) is 13.6. The first-order valence-corrected chi connectivity index (χ1v) is 6.20. The van der Waals surface area contributed by atoms with Crippen molar-refractivity contribution in [1.82, 2.24) is 19.9 Å². The molecule has 9 heteroatoms. The van der Waals surface area contributed by atoms with Crippen molar-refractivity contribution in [3.63, 3.8) is 0 Å². The van der Waals surface area contributed by atoms with Gasteiger partial charge in [-0.15, -0.1) is 0 Å². The zero-order valence-corrected chi connectivity index (χ0v) is 11.4. The van der Waals surface area contributed by atoms with E-state index in [1.54, 1.807) is 6.07 Å². The molecule has 2 heterocycles. The fourth-order valence-corrected chi connectivity index (χ4v) is 2.10. The van der Waals surface area contributed by atoms with Crippen LogP contribution in [0.5, 0.6) is 5.75 Å². The molecule has 22 heavy (non-hydrogen) atoms. The van der Waals surface area contributed by atoms with Crippen LogP contribution in [0.1, 0.15) is 10.4 Å². The quantitative estimate of drug-likeness (QED) is 0.525. The number of primary amides is 1. The Balaban J connectivity index is 2.23. The zero-order valence-electron chi connectivity index (χ0n) is 11.4. The van der Waals surface area contributed by atoms with Crippen molar-refractivity contribution in [2.45, 2.75) is 0 Å². The number of carbonyl (C=O) groups excluding carboxylic acids is 1. The molecule has 0 unspecified atom stereocenters. The van der Waals surface area contributed by atoms with E-state index in [1.807, 2.05) is 0 Å². The molecule has 1 amide bonds. The average molecular weight is 301 g/mol. The van der Waals surface area contributed by atoms with Crippen LogP contribution < -0.4 is 21.7 Å². The maximum Gasteiger partial charge on any atom is 0.327 e. The van der Waals surface area contributed by atoms with Gasteiger partial charge < -0.3 is 15.5 Å². The molecule has 0 saturated heterocycles. The summed E-state index contributed by atoms with van der Waals surface area (Å²) in [5.74, 6) is 0.0829. The van der Waals surface area contributed by atoms with E-state index in [0.29, 0.717) is 17.1 Å². The van der Waals surface area contributed by atoms with Crippen molar-refractivity contribution >= 4 is 17.1 Å². The Labute approximate surface area is 122 Å². The van der Waals surface area contributed by atoms with E-state index in [9.17, 15) is 14.4 Å². The molecule has 3 rings (SSSR count). The highest BCUT2D eigenvalue weighted by molar-refractivity contribution is 5.94. The number of amides is 1. The van der Waals surface area contributed by atoms with E-state index in [1.165, 1.54) is 19.2 Å². The number of fused-ring (bicyclic) bond motifs is 1. The number of methoxy groups -OCH3 is 1. The molecule has 0 aliphatic carbocycles. The molecular weight excluding hydrogens is 290 g/mol. The van der Waals surface area contributed by atoms with E-state index < -0.39 is 17.2 Å². The third kappa shape index (κ3) is 2.14. The van der Waals surface area contributed by atoms with Gasteiger partial charge in [-0.25, -0.2) is 9.78 Å². The maximum absolute atomic E-state index is 11.7. The van der Waals surface area contributed by atoms with E-state index in [-0.39, 0.29) is 16.7 Å². The third-order valence-corrected chi connectivity index (χ3v) is 3.13. The molecule has 0 bridgehead atoms. The number of H-pyrrole nitrogens is 3. The largest absolute Gasteiger partial charge is 0.496 e. The van der Waals surface area contributed by atoms with Crippen molar-refractivity contribution in [2.24, 2.45) is 5.73 Å². The van der Waals surface area contributed by atoms with Crippen molar-refractivity contribution in [2.75, 3.05) is 7.11 Å². The van der Waals surface area contributed by atoms with Gasteiger partial charge in [0.2, 0.25) is 5.91 Å². The number of aromatic nitrogens is 4. The molecule has 2 aromatic heterocycles. The molecule has 5 N–H and O–H groups in total. The SMILES string of the molecule is COc1cc(C(N)=O)ccc1-c1nc2[nH]c(=O)[nH]c(=O)c2[nH]1. The van der Waals surface area contributed by atoms with Crippen molar-refractivity contribution in [1.29, 1.82) is 0 Å². The monoisotopic (exact) mass is 301 g/mol. The van der Waals surface area contributed by atoms with Crippen LogP contribution in [0.25, 0.3) is 22.6 Å². The summed E-state index contributed by atoms with van der Waals surface area (Å²) >= 11 is 0. The van der Waals surface area contributed by atoms with E-state index in [4.69, 9.17) is 10.5 Å². The van der Waals surface area contributed by atoms with Crippen LogP contribution in [0.15, 0.2) is 27.8 Å². The fraction of sp³-hybridized carbons (Fsp3) is 0.0769. The summed E-state index contributed by atoms with van der Waals surface area (Å²) in [5.41, 5.74) is 5.06. The Morgan fingerprint density at radius 2 is 2.00 bits per heavy atom. The van der Waals surface area contributed by atoms with Gasteiger partial charge in [-0.2, -0.15) is 0 Å². The van der Waals surface area contributed by atoms with Gasteiger partial charge in [0.1, 0.15) is 17.1 Å². The van der Waals surface area contributed by atoms with Crippen LogP contribution in [-0.2, 0) is 0 Å². The summed E-state index contributed by atoms with van der Waals surface area (Å²) in [4.78, 5) is 45.6. The summed E-state index contributed by atoms with van der Waals surface area (Å²) in [6.07, 6.45) is 0. The lowest BCUT2D eigenvalue weighted by atomic mass is 10.1. The number of aromatic amines is 3. The van der Waals surface area contributed by atoms with Crippen LogP contribution in [0.3, 0.4) is 0 Å². The average Bonchev–Trinajstić information content (AvgIpc) is 2.90. The minimum atomic E-state index is -0.647. The second-order valence-electron chi connectivity index (χ2n) is 4.50. The third-order valence-electron chi connectivity index (χ3n) is 3.13. The Kier molecular flexibility index (Phi) is 3.02. The van der Waals surface area contributed by atoms with Crippen LogP contribution in [0.4, 0.5) is 0 Å². The first-order valence-electron chi connectivity index (χ1n) is 6.20. The lowest BCUT2D eigenvalue weighted by Gasteiger charge is -2.07. The summed E-state index contributed by atoms with van der Waals surface area (Å²) in [6, 6.07) is 4.57. The molecule has 0 radical (unpaired) electrons. The molecule has 112 valence electrons. The van der Waals surface area contributed by atoms with Crippen molar-refractivity contribution in [3.05, 3.63) is 44.6 Å². The summed E-state index contributed by atoms with van der Waals surface area (Å²) in [6.45, 7) is 0. The molecule has 0 spiro atoms. The minimum Gasteiger partial charge on any atom is -0.496 e. The van der Waals surface area contributed by atoms with Gasteiger partial charge >= 0.3 is 5.69 Å². The van der Waals surface area contributed by atoms with Crippen LogP contribution in [-0.4, -0.2) is 33.0 Å². The molecule has 3 aromatic rings. The normalized spacial score (nSPS) is 10.8. The number of hydrogen-bond acceptors (Lipinski definition) is 5. The zero-order chi connectivity index (χ0) is 15.9. The maximum atomic E-state index is 11.7. The number of carbonyl (C=O) groups is 1. The number of hydrogen-bond donors (Lipinski definition) is 4. The van der Waals surface area contributed by atoms with Crippen LogP contribution in [0.2, 0.25) is 0 Å². The smallest absolute Gasteiger partial charge is 0.327 e. The lowest BCUT2D eigenvalue weighted by molar-refractivity contribution is 0.1000. The number of nitrogens with one attached hydrogen (secondary N) is 3. The number of rotatable bonds is 3. The molecular formula is C13H11N5O4. The predicted octanol–water partition coefficient (Wildman–Crippen LogP) is -0.286. The van der Waals surface area contributed by atoms with Crippen molar-refractivity contribution in [3.8, 4) is 17.1 Å². The second kappa shape index (κ2) is 4.88. The van der Waals surface area contributed by atoms with Crippen molar-refractivity contribution < 1.29 is 9.53 Å². The van der Waals surface area contributed by atoms with Gasteiger partial charge in [-0.3, -0.25) is 19.6 Å². The minimum absolute atomic E-state index is 0.129. The molecule has 0 fully saturated rings. The van der Waals surface area contributed by atoms with Gasteiger partial charge in [0, 0.05) is 5.56 Å². The molecule has 0 aliphatic heterocycles. The lowest BCUT2D eigenvalue weighted by Crippen LogP contribution is -2.21.